The van der Waals surface area contributed by atoms with Crippen LogP contribution in [0.1, 0.15) is 32.3 Å². The predicted molar refractivity (Wildman–Crippen MR) is 81.8 cm³/mol. The summed E-state index contributed by atoms with van der Waals surface area (Å²) in [6.45, 7) is 7.46. The Morgan fingerprint density at radius 2 is 2.35 bits per heavy atom. The molecule has 0 bridgehead atoms. The monoisotopic (exact) mass is 278 g/mol. The van der Waals surface area contributed by atoms with E-state index in [1.165, 1.54) is 5.56 Å². The van der Waals surface area contributed by atoms with Gasteiger partial charge in [0.2, 0.25) is 0 Å². The summed E-state index contributed by atoms with van der Waals surface area (Å²) in [5, 5.41) is 6.66. The molecule has 1 aliphatic heterocycles. The molecule has 5 heteroatoms. The molecule has 1 aromatic rings. The zero-order chi connectivity index (χ0) is 14.4. The zero-order valence-corrected chi connectivity index (χ0v) is 12.8. The normalized spacial score (nSPS) is 23.1. The molecule has 1 aliphatic rings. The minimum absolute atomic E-state index is 0.0526. The van der Waals surface area contributed by atoms with Crippen LogP contribution in [0.5, 0.6) is 0 Å². The van der Waals surface area contributed by atoms with E-state index in [2.05, 4.69) is 41.7 Å². The molecule has 5 nitrogen and oxygen atoms in total. The highest BCUT2D eigenvalue weighted by molar-refractivity contribution is 5.79. The summed E-state index contributed by atoms with van der Waals surface area (Å²) in [5.41, 5.74) is 1.16. The van der Waals surface area contributed by atoms with Gasteiger partial charge < -0.3 is 19.9 Å². The molecule has 2 N–H and O–H groups in total. The number of guanidine groups is 1. The standard InChI is InChI=1S/C15H26N4O/c1-4-16-14(17-10-13-6-8-19(3)11-13)18-12-15(2)7-5-9-20-15/h6,8,11H,4-5,7,9-10,12H2,1-3H3,(H2,16,17,18). The number of aryl methyl sites for hydroxylation is 1. The number of hydrogen-bond donors (Lipinski definition) is 2. The lowest BCUT2D eigenvalue weighted by molar-refractivity contribution is 0.0243. The summed E-state index contributed by atoms with van der Waals surface area (Å²) in [4.78, 5) is 4.61. The van der Waals surface area contributed by atoms with Crippen molar-refractivity contribution in [1.29, 1.82) is 0 Å². The Hall–Kier alpha value is -1.49. The third-order valence-electron chi connectivity index (χ3n) is 3.59. The van der Waals surface area contributed by atoms with Crippen LogP contribution < -0.4 is 10.6 Å². The van der Waals surface area contributed by atoms with Crippen LogP contribution in [0.2, 0.25) is 0 Å². The fourth-order valence-electron chi connectivity index (χ4n) is 2.41. The molecule has 0 aliphatic carbocycles. The Bertz CT molecular complexity index is 446. The van der Waals surface area contributed by atoms with Crippen LogP contribution in [0, 0.1) is 0 Å². The number of rotatable bonds is 5. The van der Waals surface area contributed by atoms with Crippen LogP contribution in [0.3, 0.4) is 0 Å². The van der Waals surface area contributed by atoms with E-state index in [1.54, 1.807) is 0 Å². The van der Waals surface area contributed by atoms with Crippen molar-refractivity contribution in [2.24, 2.45) is 12.0 Å². The maximum atomic E-state index is 5.79. The highest BCUT2D eigenvalue weighted by Gasteiger charge is 2.29. The van der Waals surface area contributed by atoms with Crippen molar-refractivity contribution in [2.45, 2.75) is 38.8 Å². The van der Waals surface area contributed by atoms with Crippen molar-refractivity contribution in [3.05, 3.63) is 24.0 Å². The van der Waals surface area contributed by atoms with Crippen LogP contribution >= 0.6 is 0 Å². The third kappa shape index (κ3) is 4.27. The van der Waals surface area contributed by atoms with E-state index in [1.807, 2.05) is 17.8 Å². The van der Waals surface area contributed by atoms with E-state index in [-0.39, 0.29) is 5.60 Å². The van der Waals surface area contributed by atoms with Gasteiger partial charge in [-0.15, -0.1) is 0 Å². The lowest BCUT2D eigenvalue weighted by Crippen LogP contribution is -2.45. The van der Waals surface area contributed by atoms with Gasteiger partial charge in [0.25, 0.3) is 0 Å². The Morgan fingerprint density at radius 1 is 1.50 bits per heavy atom. The average molecular weight is 278 g/mol. The zero-order valence-electron chi connectivity index (χ0n) is 12.8. The quantitative estimate of drug-likeness (QED) is 0.636. The molecule has 0 radical (unpaired) electrons. The van der Waals surface area contributed by atoms with E-state index in [4.69, 9.17) is 4.74 Å². The summed E-state index contributed by atoms with van der Waals surface area (Å²) >= 11 is 0. The Kier molecular flexibility index (Phi) is 5.06. The van der Waals surface area contributed by atoms with Crippen LogP contribution in [0.15, 0.2) is 23.5 Å². The molecular formula is C15H26N4O. The van der Waals surface area contributed by atoms with Gasteiger partial charge in [0.1, 0.15) is 0 Å². The van der Waals surface area contributed by atoms with Crippen LogP contribution in [0.4, 0.5) is 0 Å². The molecule has 2 rings (SSSR count). The molecular weight excluding hydrogens is 252 g/mol. The van der Waals surface area contributed by atoms with Gasteiger partial charge in [0.15, 0.2) is 5.96 Å². The van der Waals surface area contributed by atoms with Crippen molar-refractivity contribution >= 4 is 5.96 Å². The molecule has 1 unspecified atom stereocenters. The molecule has 0 aromatic carbocycles. The van der Waals surface area contributed by atoms with Gasteiger partial charge in [0, 0.05) is 39.1 Å². The maximum Gasteiger partial charge on any atom is 0.191 e. The van der Waals surface area contributed by atoms with E-state index < -0.39 is 0 Å². The van der Waals surface area contributed by atoms with Crippen LogP contribution in [-0.2, 0) is 18.3 Å². The summed E-state index contributed by atoms with van der Waals surface area (Å²) in [6, 6.07) is 2.09. The Labute approximate surface area is 121 Å². The molecule has 0 spiro atoms. The smallest absolute Gasteiger partial charge is 0.191 e. The minimum atomic E-state index is -0.0526. The molecule has 112 valence electrons. The molecule has 2 heterocycles. The van der Waals surface area contributed by atoms with Crippen LogP contribution in [0.25, 0.3) is 0 Å². The third-order valence-corrected chi connectivity index (χ3v) is 3.59. The van der Waals surface area contributed by atoms with Gasteiger partial charge in [-0.05, 0) is 38.3 Å². The molecule has 0 amide bonds. The summed E-state index contributed by atoms with van der Waals surface area (Å²) in [7, 11) is 2.02. The van der Waals surface area contributed by atoms with Gasteiger partial charge in [-0.2, -0.15) is 0 Å². The van der Waals surface area contributed by atoms with Crippen molar-refractivity contribution in [1.82, 2.24) is 15.2 Å². The second kappa shape index (κ2) is 6.79. The summed E-state index contributed by atoms with van der Waals surface area (Å²) in [6.07, 6.45) is 6.39. The van der Waals surface area contributed by atoms with E-state index in [0.717, 1.165) is 38.5 Å². The SMILES string of the molecule is CCNC(=NCc1ccn(C)c1)NCC1(C)CCCO1. The lowest BCUT2D eigenvalue weighted by atomic mass is 10.0. The second-order valence-electron chi connectivity index (χ2n) is 5.64. The van der Waals surface area contributed by atoms with Gasteiger partial charge in [-0.25, -0.2) is 4.99 Å². The molecule has 20 heavy (non-hydrogen) atoms. The maximum absolute atomic E-state index is 5.79. The van der Waals surface area contributed by atoms with Crippen LogP contribution in [-0.4, -0.2) is 35.8 Å². The summed E-state index contributed by atoms with van der Waals surface area (Å²) < 4.78 is 7.83. The number of aliphatic imine (C=N–C) groups is 1. The minimum Gasteiger partial charge on any atom is -0.373 e. The fraction of sp³-hybridized carbons (Fsp3) is 0.667. The van der Waals surface area contributed by atoms with Gasteiger partial charge in [0.05, 0.1) is 12.1 Å². The van der Waals surface area contributed by atoms with Crippen molar-refractivity contribution in [2.75, 3.05) is 19.7 Å². The molecule has 1 saturated heterocycles. The first kappa shape index (κ1) is 14.9. The topological polar surface area (TPSA) is 50.6 Å². The van der Waals surface area contributed by atoms with Crippen molar-refractivity contribution < 1.29 is 4.74 Å². The van der Waals surface area contributed by atoms with Crippen molar-refractivity contribution in [3.8, 4) is 0 Å². The van der Waals surface area contributed by atoms with Gasteiger partial charge >= 0.3 is 0 Å². The Morgan fingerprint density at radius 3 is 2.95 bits per heavy atom. The molecule has 1 fully saturated rings. The molecule has 1 atom stereocenters. The van der Waals surface area contributed by atoms with E-state index >= 15 is 0 Å². The first-order valence-corrected chi connectivity index (χ1v) is 7.38. The second-order valence-corrected chi connectivity index (χ2v) is 5.64. The molecule has 1 aromatic heterocycles. The van der Waals surface area contributed by atoms with Gasteiger partial charge in [-0.3, -0.25) is 0 Å². The first-order valence-electron chi connectivity index (χ1n) is 7.38. The molecule has 0 saturated carbocycles. The van der Waals surface area contributed by atoms with E-state index in [0.29, 0.717) is 6.54 Å². The Balaban J connectivity index is 1.88. The largest absolute Gasteiger partial charge is 0.373 e. The van der Waals surface area contributed by atoms with E-state index in [9.17, 15) is 0 Å². The number of nitrogens with zero attached hydrogens (tertiary/aromatic N) is 2. The average Bonchev–Trinajstić information content (AvgIpc) is 3.03. The number of aromatic nitrogens is 1. The van der Waals surface area contributed by atoms with Gasteiger partial charge in [-0.1, -0.05) is 0 Å². The predicted octanol–water partition coefficient (Wildman–Crippen LogP) is 1.65. The lowest BCUT2D eigenvalue weighted by Gasteiger charge is -2.24. The fourth-order valence-corrected chi connectivity index (χ4v) is 2.41. The number of hydrogen-bond acceptors (Lipinski definition) is 2. The first-order chi connectivity index (χ1) is 9.61. The highest BCUT2D eigenvalue weighted by atomic mass is 16.5. The number of ether oxygens (including phenoxy) is 1. The highest BCUT2D eigenvalue weighted by Crippen LogP contribution is 2.23. The van der Waals surface area contributed by atoms with Crippen molar-refractivity contribution in [3.63, 3.8) is 0 Å². The number of nitrogens with one attached hydrogen (secondary N) is 2. The summed E-state index contributed by atoms with van der Waals surface area (Å²) in [5.74, 6) is 0.855.